The molecule has 2 saturated heterocycles. The van der Waals surface area contributed by atoms with Crippen molar-refractivity contribution < 1.29 is 0 Å². The van der Waals surface area contributed by atoms with Gasteiger partial charge in [0.25, 0.3) is 0 Å². The molecule has 2 fully saturated rings. The number of nitrogens with one attached hydrogen (secondary N) is 1. The average Bonchev–Trinajstić information content (AvgIpc) is 2.41. The first-order valence-electron chi connectivity index (χ1n) is 8.64. The Morgan fingerprint density at radius 2 is 2.05 bits per heavy atom. The summed E-state index contributed by atoms with van der Waals surface area (Å²) in [5.41, 5.74) is 0.304. The van der Waals surface area contributed by atoms with E-state index in [4.69, 9.17) is 0 Å². The Morgan fingerprint density at radius 3 is 2.65 bits per heavy atom. The lowest BCUT2D eigenvalue weighted by atomic mass is 9.89. The fourth-order valence-electron chi connectivity index (χ4n) is 3.84. The van der Waals surface area contributed by atoms with Gasteiger partial charge >= 0.3 is 0 Å². The van der Waals surface area contributed by atoms with E-state index in [1.807, 2.05) is 0 Å². The van der Waals surface area contributed by atoms with E-state index in [-0.39, 0.29) is 0 Å². The van der Waals surface area contributed by atoms with Crippen LogP contribution in [0.15, 0.2) is 0 Å². The van der Waals surface area contributed by atoms with Gasteiger partial charge in [-0.3, -0.25) is 4.90 Å². The Labute approximate surface area is 126 Å². The van der Waals surface area contributed by atoms with Gasteiger partial charge in [0.1, 0.15) is 0 Å². The Balaban J connectivity index is 2.03. The van der Waals surface area contributed by atoms with Gasteiger partial charge in [-0.25, -0.2) is 0 Å². The second kappa shape index (κ2) is 6.76. The molecule has 2 aliphatic rings. The fourth-order valence-corrected chi connectivity index (χ4v) is 3.84. The molecule has 3 unspecified atom stereocenters. The van der Waals surface area contributed by atoms with Crippen LogP contribution in [0.2, 0.25) is 0 Å². The van der Waals surface area contributed by atoms with E-state index in [2.05, 4.69) is 49.9 Å². The maximum atomic E-state index is 3.80. The molecule has 0 aromatic heterocycles. The van der Waals surface area contributed by atoms with Crippen molar-refractivity contribution in [3.05, 3.63) is 0 Å². The Morgan fingerprint density at radius 1 is 1.30 bits per heavy atom. The summed E-state index contributed by atoms with van der Waals surface area (Å²) >= 11 is 0. The van der Waals surface area contributed by atoms with E-state index in [9.17, 15) is 0 Å². The third kappa shape index (κ3) is 3.75. The first-order valence-corrected chi connectivity index (χ1v) is 8.64. The van der Waals surface area contributed by atoms with Crippen LogP contribution in [0.4, 0.5) is 0 Å². The standard InChI is InChI=1S/C17H35N3/c1-6-17(4)13-20(16(11-18-17)14(2)3)12-15-9-7-8-10-19(15)5/h14-16,18H,6-13H2,1-5H3. The Kier molecular flexibility index (Phi) is 5.49. The summed E-state index contributed by atoms with van der Waals surface area (Å²) in [4.78, 5) is 5.38. The van der Waals surface area contributed by atoms with Gasteiger partial charge in [0.15, 0.2) is 0 Å². The molecule has 3 atom stereocenters. The molecule has 0 aliphatic carbocycles. The van der Waals surface area contributed by atoms with Gasteiger partial charge in [0.2, 0.25) is 0 Å². The highest BCUT2D eigenvalue weighted by atomic mass is 15.3. The smallest absolute Gasteiger partial charge is 0.0278 e. The molecule has 0 aromatic carbocycles. The minimum atomic E-state index is 0.304. The van der Waals surface area contributed by atoms with Crippen LogP contribution in [0.5, 0.6) is 0 Å². The van der Waals surface area contributed by atoms with Crippen LogP contribution in [0, 0.1) is 5.92 Å². The van der Waals surface area contributed by atoms with Crippen LogP contribution in [0.25, 0.3) is 0 Å². The number of hydrogen-bond donors (Lipinski definition) is 1. The number of piperazine rings is 1. The lowest BCUT2D eigenvalue weighted by molar-refractivity contribution is 0.0291. The van der Waals surface area contributed by atoms with Crippen molar-refractivity contribution in [1.82, 2.24) is 15.1 Å². The SMILES string of the molecule is CCC1(C)CN(CC2CCCCN2C)C(C(C)C)CN1. The first kappa shape index (κ1) is 16.3. The first-order chi connectivity index (χ1) is 9.45. The molecule has 0 aromatic rings. The van der Waals surface area contributed by atoms with Crippen LogP contribution in [-0.4, -0.2) is 60.6 Å². The van der Waals surface area contributed by atoms with Crippen molar-refractivity contribution in [3.63, 3.8) is 0 Å². The summed E-state index contributed by atoms with van der Waals surface area (Å²) in [5, 5.41) is 3.80. The van der Waals surface area contributed by atoms with E-state index in [0.717, 1.165) is 18.5 Å². The predicted molar refractivity (Wildman–Crippen MR) is 87.2 cm³/mol. The molecule has 0 spiro atoms. The van der Waals surface area contributed by atoms with Gasteiger partial charge in [0, 0.05) is 37.3 Å². The average molecular weight is 281 g/mol. The molecule has 0 amide bonds. The molecule has 0 bridgehead atoms. The zero-order valence-electron chi connectivity index (χ0n) is 14.3. The zero-order valence-corrected chi connectivity index (χ0v) is 14.3. The molecule has 3 heteroatoms. The van der Waals surface area contributed by atoms with Crippen LogP contribution >= 0.6 is 0 Å². The maximum absolute atomic E-state index is 3.80. The summed E-state index contributed by atoms with van der Waals surface area (Å²) in [6.07, 6.45) is 5.40. The van der Waals surface area contributed by atoms with Gasteiger partial charge < -0.3 is 10.2 Å². The second-order valence-electron chi connectivity index (χ2n) is 7.67. The quantitative estimate of drug-likeness (QED) is 0.854. The Bertz CT molecular complexity index is 305. The second-order valence-corrected chi connectivity index (χ2v) is 7.67. The minimum Gasteiger partial charge on any atom is -0.309 e. The van der Waals surface area contributed by atoms with Crippen molar-refractivity contribution in [2.45, 2.75) is 71.0 Å². The summed E-state index contributed by atoms with van der Waals surface area (Å²) < 4.78 is 0. The summed E-state index contributed by atoms with van der Waals surface area (Å²) in [6, 6.07) is 1.47. The van der Waals surface area contributed by atoms with Crippen LogP contribution in [0.3, 0.4) is 0 Å². The van der Waals surface area contributed by atoms with Crippen molar-refractivity contribution in [1.29, 1.82) is 0 Å². The lowest BCUT2D eigenvalue weighted by Crippen LogP contribution is -2.65. The highest BCUT2D eigenvalue weighted by molar-refractivity contribution is 4.96. The molecule has 2 aliphatic heterocycles. The summed E-state index contributed by atoms with van der Waals surface area (Å²) in [5.74, 6) is 0.734. The number of nitrogens with zero attached hydrogens (tertiary/aromatic N) is 2. The van der Waals surface area contributed by atoms with Crippen molar-refractivity contribution >= 4 is 0 Å². The van der Waals surface area contributed by atoms with Crippen LogP contribution in [-0.2, 0) is 0 Å². The van der Waals surface area contributed by atoms with E-state index in [1.54, 1.807) is 0 Å². The van der Waals surface area contributed by atoms with Gasteiger partial charge in [-0.1, -0.05) is 27.2 Å². The number of rotatable bonds is 4. The largest absolute Gasteiger partial charge is 0.309 e. The topological polar surface area (TPSA) is 18.5 Å². The highest BCUT2D eigenvalue weighted by Gasteiger charge is 2.37. The molecule has 20 heavy (non-hydrogen) atoms. The van der Waals surface area contributed by atoms with E-state index >= 15 is 0 Å². The molecular formula is C17H35N3. The van der Waals surface area contributed by atoms with Crippen molar-refractivity contribution in [2.75, 3.05) is 33.2 Å². The van der Waals surface area contributed by atoms with E-state index < -0.39 is 0 Å². The third-order valence-corrected chi connectivity index (χ3v) is 5.68. The fraction of sp³-hybridized carbons (Fsp3) is 1.00. The zero-order chi connectivity index (χ0) is 14.8. The summed E-state index contributed by atoms with van der Waals surface area (Å²) in [6.45, 7) is 14.4. The van der Waals surface area contributed by atoms with Crippen LogP contribution < -0.4 is 5.32 Å². The van der Waals surface area contributed by atoms with Crippen molar-refractivity contribution in [2.24, 2.45) is 5.92 Å². The predicted octanol–water partition coefficient (Wildman–Crippen LogP) is 2.57. The molecule has 118 valence electrons. The molecule has 3 nitrogen and oxygen atoms in total. The van der Waals surface area contributed by atoms with Crippen LogP contribution in [0.1, 0.15) is 53.4 Å². The summed E-state index contributed by atoms with van der Waals surface area (Å²) in [7, 11) is 2.31. The molecule has 0 radical (unpaired) electrons. The number of likely N-dealkylation sites (N-methyl/N-ethyl adjacent to an activating group) is 1. The number of likely N-dealkylation sites (tertiary alicyclic amines) is 1. The maximum Gasteiger partial charge on any atom is 0.0278 e. The molecule has 2 heterocycles. The van der Waals surface area contributed by atoms with Gasteiger partial charge in [0.05, 0.1) is 0 Å². The van der Waals surface area contributed by atoms with E-state index in [1.165, 1.54) is 45.3 Å². The highest BCUT2D eigenvalue weighted by Crippen LogP contribution is 2.25. The lowest BCUT2D eigenvalue weighted by Gasteiger charge is -2.49. The number of piperidine rings is 1. The third-order valence-electron chi connectivity index (χ3n) is 5.68. The molecule has 1 N–H and O–H groups in total. The minimum absolute atomic E-state index is 0.304. The molecule has 0 saturated carbocycles. The monoisotopic (exact) mass is 281 g/mol. The van der Waals surface area contributed by atoms with E-state index in [0.29, 0.717) is 11.6 Å². The van der Waals surface area contributed by atoms with Crippen molar-refractivity contribution in [3.8, 4) is 0 Å². The number of hydrogen-bond acceptors (Lipinski definition) is 3. The molecular weight excluding hydrogens is 246 g/mol. The molecule has 2 rings (SSSR count). The van der Waals surface area contributed by atoms with Gasteiger partial charge in [-0.05, 0) is 45.7 Å². The normalized spacial score (nSPS) is 37.5. The Hall–Kier alpha value is -0.120. The van der Waals surface area contributed by atoms with Gasteiger partial charge in [-0.15, -0.1) is 0 Å². The van der Waals surface area contributed by atoms with Gasteiger partial charge in [-0.2, -0.15) is 0 Å².